The lowest BCUT2D eigenvalue weighted by Gasteiger charge is -2.09. The second kappa shape index (κ2) is 2.93. The molecule has 0 spiro atoms. The first-order valence-electron chi connectivity index (χ1n) is 5.34. The van der Waals surface area contributed by atoms with Gasteiger partial charge in [-0.25, -0.2) is 0 Å². The Kier molecular flexibility index (Phi) is 1.69. The number of fused-ring (bicyclic) bond motifs is 3. The van der Waals surface area contributed by atoms with E-state index in [-0.39, 0.29) is 0 Å². The molecule has 0 amide bonds. The fraction of sp³-hybridized carbons (Fsp3) is 0.214. The minimum absolute atomic E-state index is 0.464. The van der Waals surface area contributed by atoms with E-state index in [1.54, 1.807) is 0 Å². The Morgan fingerprint density at radius 1 is 1.07 bits per heavy atom. The first-order valence-corrected chi connectivity index (χ1v) is 5.34. The van der Waals surface area contributed by atoms with E-state index in [0.717, 1.165) is 5.69 Å². The van der Waals surface area contributed by atoms with E-state index in [1.165, 1.54) is 22.0 Å². The van der Waals surface area contributed by atoms with Crippen LogP contribution in [-0.4, -0.2) is 5.71 Å². The second-order valence-electron chi connectivity index (χ2n) is 4.19. The fourth-order valence-electron chi connectivity index (χ4n) is 2.33. The van der Waals surface area contributed by atoms with Crippen LogP contribution in [0.4, 0.5) is 5.69 Å². The fourth-order valence-corrected chi connectivity index (χ4v) is 2.33. The van der Waals surface area contributed by atoms with Gasteiger partial charge in [-0.15, -0.1) is 0 Å². The van der Waals surface area contributed by atoms with Crippen molar-refractivity contribution in [1.82, 2.24) is 0 Å². The highest BCUT2D eigenvalue weighted by Gasteiger charge is 2.21. The van der Waals surface area contributed by atoms with E-state index >= 15 is 0 Å². The maximum absolute atomic E-state index is 4.60. The highest BCUT2D eigenvalue weighted by atomic mass is 14.8. The van der Waals surface area contributed by atoms with E-state index in [4.69, 9.17) is 0 Å². The molecule has 0 N–H and O–H groups in total. The third kappa shape index (κ3) is 1.13. The summed E-state index contributed by atoms with van der Waals surface area (Å²) in [6, 6.07) is 12.8. The number of nitrogens with zero attached hydrogens (tertiary/aromatic N) is 1. The Balaban J connectivity index is 2.40. The highest BCUT2D eigenvalue weighted by Crippen LogP contribution is 2.39. The van der Waals surface area contributed by atoms with Gasteiger partial charge in [0, 0.05) is 11.6 Å². The van der Waals surface area contributed by atoms with Gasteiger partial charge in [-0.2, -0.15) is 0 Å². The maximum Gasteiger partial charge on any atom is 0.0674 e. The van der Waals surface area contributed by atoms with E-state index in [9.17, 15) is 0 Å². The Morgan fingerprint density at radius 2 is 1.87 bits per heavy atom. The average Bonchev–Trinajstić information content (AvgIpc) is 2.55. The van der Waals surface area contributed by atoms with Crippen molar-refractivity contribution in [3.8, 4) is 0 Å². The van der Waals surface area contributed by atoms with Gasteiger partial charge in [-0.05, 0) is 29.3 Å². The summed E-state index contributed by atoms with van der Waals surface area (Å²) < 4.78 is 0. The van der Waals surface area contributed by atoms with Gasteiger partial charge in [0.2, 0.25) is 0 Å². The van der Waals surface area contributed by atoms with Gasteiger partial charge in [-0.3, -0.25) is 4.99 Å². The molecule has 1 atom stereocenters. The van der Waals surface area contributed by atoms with Crippen LogP contribution in [0, 0.1) is 0 Å². The summed E-state index contributed by atoms with van der Waals surface area (Å²) in [5.41, 5.74) is 3.77. The predicted octanol–water partition coefficient (Wildman–Crippen LogP) is 4.05. The number of hydrogen-bond donors (Lipinski definition) is 0. The summed E-state index contributed by atoms with van der Waals surface area (Å²) in [5, 5.41) is 2.66. The zero-order valence-electron chi connectivity index (χ0n) is 8.99. The summed E-state index contributed by atoms with van der Waals surface area (Å²) in [5.74, 6) is 0.464. The minimum atomic E-state index is 0.464. The molecule has 74 valence electrons. The molecule has 2 aromatic rings. The molecule has 1 heteroatoms. The molecule has 0 aromatic heterocycles. The van der Waals surface area contributed by atoms with Crippen LogP contribution in [0.5, 0.6) is 0 Å². The third-order valence-electron chi connectivity index (χ3n) is 3.30. The molecule has 1 aliphatic rings. The quantitative estimate of drug-likeness (QED) is 0.601. The van der Waals surface area contributed by atoms with Crippen molar-refractivity contribution in [3.05, 3.63) is 42.0 Å². The highest BCUT2D eigenvalue weighted by molar-refractivity contribution is 6.03. The topological polar surface area (TPSA) is 12.4 Å². The summed E-state index contributed by atoms with van der Waals surface area (Å²) in [7, 11) is 0. The Labute approximate surface area is 89.5 Å². The molecule has 3 rings (SSSR count). The van der Waals surface area contributed by atoms with E-state index in [2.05, 4.69) is 55.2 Å². The zero-order valence-corrected chi connectivity index (χ0v) is 8.99. The van der Waals surface area contributed by atoms with Crippen LogP contribution >= 0.6 is 0 Å². The van der Waals surface area contributed by atoms with Gasteiger partial charge in [0.1, 0.15) is 0 Å². The lowest BCUT2D eigenvalue weighted by atomic mass is 9.93. The van der Waals surface area contributed by atoms with Crippen molar-refractivity contribution in [2.45, 2.75) is 19.8 Å². The minimum Gasteiger partial charge on any atom is -0.257 e. The number of benzene rings is 2. The number of aliphatic imine (C=N–C) groups is 1. The van der Waals surface area contributed by atoms with Crippen LogP contribution < -0.4 is 0 Å². The normalized spacial score (nSPS) is 19.1. The van der Waals surface area contributed by atoms with Crippen LogP contribution in [0.15, 0.2) is 41.4 Å². The van der Waals surface area contributed by atoms with Gasteiger partial charge in [0.05, 0.1) is 5.69 Å². The van der Waals surface area contributed by atoms with Gasteiger partial charge in [-0.1, -0.05) is 37.3 Å². The molecule has 0 radical (unpaired) electrons. The summed E-state index contributed by atoms with van der Waals surface area (Å²) in [6.07, 6.45) is 0. The largest absolute Gasteiger partial charge is 0.257 e. The second-order valence-corrected chi connectivity index (χ2v) is 4.19. The van der Waals surface area contributed by atoms with Gasteiger partial charge in [0.25, 0.3) is 0 Å². The van der Waals surface area contributed by atoms with Crippen molar-refractivity contribution in [1.29, 1.82) is 0 Å². The van der Waals surface area contributed by atoms with Crippen LogP contribution in [0.2, 0.25) is 0 Å². The first kappa shape index (κ1) is 8.66. The Hall–Kier alpha value is -1.63. The van der Waals surface area contributed by atoms with E-state index in [0.29, 0.717) is 5.92 Å². The van der Waals surface area contributed by atoms with E-state index in [1.807, 2.05) is 0 Å². The lowest BCUT2D eigenvalue weighted by Crippen LogP contribution is -1.98. The molecule has 0 saturated heterocycles. The Bertz CT molecular complexity index is 567. The molecule has 0 fully saturated rings. The molecule has 1 nitrogen and oxygen atoms in total. The summed E-state index contributed by atoms with van der Waals surface area (Å²) in [6.45, 7) is 4.34. The lowest BCUT2D eigenvalue weighted by molar-refractivity contribution is 1.06. The molecule has 0 saturated carbocycles. The van der Waals surface area contributed by atoms with Crippen LogP contribution in [0.1, 0.15) is 25.3 Å². The average molecular weight is 195 g/mol. The maximum atomic E-state index is 4.60. The predicted molar refractivity (Wildman–Crippen MR) is 65.1 cm³/mol. The SMILES string of the molecule is CC1=Nc2ccc3ccccc3c2C1C. The molecule has 2 aromatic carbocycles. The van der Waals surface area contributed by atoms with Crippen LogP contribution in [0.3, 0.4) is 0 Å². The zero-order chi connectivity index (χ0) is 10.4. The molecular formula is C14H13N. The molecule has 1 aliphatic heterocycles. The van der Waals surface area contributed by atoms with Crippen molar-refractivity contribution < 1.29 is 0 Å². The van der Waals surface area contributed by atoms with Crippen molar-refractivity contribution >= 4 is 22.2 Å². The molecule has 1 unspecified atom stereocenters. The van der Waals surface area contributed by atoms with Crippen molar-refractivity contribution in [2.24, 2.45) is 4.99 Å². The third-order valence-corrected chi connectivity index (χ3v) is 3.30. The van der Waals surface area contributed by atoms with E-state index < -0.39 is 0 Å². The summed E-state index contributed by atoms with van der Waals surface area (Å²) >= 11 is 0. The van der Waals surface area contributed by atoms with Crippen molar-refractivity contribution in [3.63, 3.8) is 0 Å². The van der Waals surface area contributed by atoms with Crippen molar-refractivity contribution in [2.75, 3.05) is 0 Å². The molecule has 0 bridgehead atoms. The smallest absolute Gasteiger partial charge is 0.0674 e. The standard InChI is InChI=1S/C14H13N/c1-9-10(2)15-13-8-7-11-5-3-4-6-12(11)14(9)13/h3-9H,1-2H3. The first-order chi connectivity index (χ1) is 7.27. The summed E-state index contributed by atoms with van der Waals surface area (Å²) in [4.78, 5) is 4.60. The van der Waals surface area contributed by atoms with Crippen LogP contribution in [-0.2, 0) is 0 Å². The van der Waals surface area contributed by atoms with Gasteiger partial charge < -0.3 is 0 Å². The molecule has 15 heavy (non-hydrogen) atoms. The monoisotopic (exact) mass is 195 g/mol. The molecule has 0 aliphatic carbocycles. The van der Waals surface area contributed by atoms with Gasteiger partial charge >= 0.3 is 0 Å². The van der Waals surface area contributed by atoms with Crippen LogP contribution in [0.25, 0.3) is 10.8 Å². The van der Waals surface area contributed by atoms with Gasteiger partial charge in [0.15, 0.2) is 0 Å². The Morgan fingerprint density at radius 3 is 2.73 bits per heavy atom. The number of rotatable bonds is 0. The molecule has 1 heterocycles. The number of hydrogen-bond acceptors (Lipinski definition) is 1. The molecular weight excluding hydrogens is 182 g/mol.